The van der Waals surface area contributed by atoms with Crippen molar-refractivity contribution in [3.8, 4) is 0 Å². The maximum atomic E-state index is 12.8. The van der Waals surface area contributed by atoms with Gasteiger partial charge in [-0.25, -0.2) is 4.39 Å². The third-order valence-electron chi connectivity index (χ3n) is 3.13. The van der Waals surface area contributed by atoms with Crippen LogP contribution in [-0.4, -0.2) is 49.0 Å². The van der Waals surface area contributed by atoms with E-state index in [9.17, 15) is 9.18 Å². The van der Waals surface area contributed by atoms with Gasteiger partial charge in [0.2, 0.25) is 5.91 Å². The minimum absolute atomic E-state index is 0.0979. The van der Waals surface area contributed by atoms with Crippen molar-refractivity contribution in [2.75, 3.05) is 32.1 Å². The number of carbonyl (C=O) groups excluding carboxylic acids is 1. The average molecular weight is 313 g/mol. The van der Waals surface area contributed by atoms with Crippen LogP contribution in [0.4, 0.5) is 4.39 Å². The molecule has 1 rings (SSSR count). The summed E-state index contributed by atoms with van der Waals surface area (Å²) in [4.78, 5) is 13.8. The van der Waals surface area contributed by atoms with E-state index in [0.29, 0.717) is 19.5 Å². The summed E-state index contributed by atoms with van der Waals surface area (Å²) < 4.78 is 12.8. The molecule has 0 heterocycles. The van der Waals surface area contributed by atoms with Crippen LogP contribution in [0.5, 0.6) is 0 Å². The Hall–Kier alpha value is -1.11. The molecule has 1 aromatic rings. The van der Waals surface area contributed by atoms with Gasteiger partial charge in [-0.2, -0.15) is 11.8 Å². The van der Waals surface area contributed by atoms with Crippen molar-refractivity contribution in [1.29, 1.82) is 0 Å². The number of carbonyl (C=O) groups is 1. The Bertz CT molecular complexity index is 427. The van der Waals surface area contributed by atoms with Crippen molar-refractivity contribution in [3.63, 3.8) is 0 Å². The van der Waals surface area contributed by atoms with Gasteiger partial charge < -0.3 is 16.0 Å². The molecule has 0 aliphatic heterocycles. The maximum absolute atomic E-state index is 12.8. The molecule has 0 saturated carbocycles. The number of rotatable bonds is 9. The number of nitrogens with one attached hydrogen (secondary N) is 1. The van der Waals surface area contributed by atoms with Crippen molar-refractivity contribution in [2.45, 2.75) is 19.0 Å². The molecule has 1 amide bonds. The lowest BCUT2D eigenvalue weighted by atomic mass is 10.2. The molecule has 1 aromatic carbocycles. The van der Waals surface area contributed by atoms with Crippen LogP contribution < -0.4 is 11.1 Å². The maximum Gasteiger partial charge on any atom is 0.236 e. The lowest BCUT2D eigenvalue weighted by Crippen LogP contribution is -2.43. The minimum Gasteiger partial charge on any atom is -0.353 e. The SMILES string of the molecule is CSCC[C@H](N)C(=O)NCCN(C)Cc1ccc(F)cc1. The highest BCUT2D eigenvalue weighted by atomic mass is 32.2. The predicted molar refractivity (Wildman–Crippen MR) is 86.7 cm³/mol. The van der Waals surface area contributed by atoms with E-state index in [1.165, 1.54) is 12.1 Å². The number of nitrogens with zero attached hydrogens (tertiary/aromatic N) is 1. The molecule has 21 heavy (non-hydrogen) atoms. The molecule has 1 atom stereocenters. The van der Waals surface area contributed by atoms with E-state index in [4.69, 9.17) is 5.73 Å². The van der Waals surface area contributed by atoms with Crippen molar-refractivity contribution in [2.24, 2.45) is 5.73 Å². The first-order chi connectivity index (χ1) is 10.0. The number of thioether (sulfide) groups is 1. The molecule has 0 spiro atoms. The van der Waals surface area contributed by atoms with E-state index < -0.39 is 6.04 Å². The molecule has 6 heteroatoms. The largest absolute Gasteiger partial charge is 0.353 e. The summed E-state index contributed by atoms with van der Waals surface area (Å²) in [5.74, 6) is 0.561. The van der Waals surface area contributed by atoms with Crippen molar-refractivity contribution in [1.82, 2.24) is 10.2 Å². The van der Waals surface area contributed by atoms with Crippen molar-refractivity contribution < 1.29 is 9.18 Å². The van der Waals surface area contributed by atoms with Crippen LogP contribution in [0.25, 0.3) is 0 Å². The molecule has 0 aromatic heterocycles. The Morgan fingerprint density at radius 2 is 2.10 bits per heavy atom. The molecule has 3 N–H and O–H groups in total. The fourth-order valence-electron chi connectivity index (χ4n) is 1.86. The van der Waals surface area contributed by atoms with Crippen LogP contribution in [-0.2, 0) is 11.3 Å². The van der Waals surface area contributed by atoms with Gasteiger partial charge in [0, 0.05) is 19.6 Å². The van der Waals surface area contributed by atoms with E-state index in [1.54, 1.807) is 23.9 Å². The summed E-state index contributed by atoms with van der Waals surface area (Å²) in [5.41, 5.74) is 6.83. The fourth-order valence-corrected chi connectivity index (χ4v) is 2.35. The molecule has 4 nitrogen and oxygen atoms in total. The molecule has 0 bridgehead atoms. The first-order valence-corrected chi connectivity index (χ1v) is 8.37. The molecule has 0 unspecified atom stereocenters. The second kappa shape index (κ2) is 9.76. The summed E-state index contributed by atoms with van der Waals surface area (Å²) in [6.07, 6.45) is 2.69. The van der Waals surface area contributed by atoms with Gasteiger partial charge in [0.15, 0.2) is 0 Å². The van der Waals surface area contributed by atoms with Gasteiger partial charge in [-0.05, 0) is 43.2 Å². The van der Waals surface area contributed by atoms with E-state index in [2.05, 4.69) is 10.2 Å². The highest BCUT2D eigenvalue weighted by Crippen LogP contribution is 2.05. The van der Waals surface area contributed by atoms with E-state index in [1.807, 2.05) is 13.3 Å². The van der Waals surface area contributed by atoms with Gasteiger partial charge in [0.1, 0.15) is 5.82 Å². The lowest BCUT2D eigenvalue weighted by molar-refractivity contribution is -0.122. The molecule has 0 fully saturated rings. The van der Waals surface area contributed by atoms with Gasteiger partial charge in [0.05, 0.1) is 6.04 Å². The van der Waals surface area contributed by atoms with Crippen LogP contribution in [0, 0.1) is 5.82 Å². The zero-order chi connectivity index (χ0) is 15.7. The Morgan fingerprint density at radius 1 is 1.43 bits per heavy atom. The number of benzene rings is 1. The zero-order valence-corrected chi connectivity index (χ0v) is 13.5. The van der Waals surface area contributed by atoms with Crippen LogP contribution in [0.2, 0.25) is 0 Å². The normalized spacial score (nSPS) is 12.4. The lowest BCUT2D eigenvalue weighted by Gasteiger charge is -2.18. The van der Waals surface area contributed by atoms with Crippen molar-refractivity contribution >= 4 is 17.7 Å². The Labute approximate surface area is 130 Å². The van der Waals surface area contributed by atoms with Gasteiger partial charge in [-0.3, -0.25) is 4.79 Å². The predicted octanol–water partition coefficient (Wildman–Crippen LogP) is 1.45. The number of hydrogen-bond acceptors (Lipinski definition) is 4. The van der Waals surface area contributed by atoms with Crippen LogP contribution >= 0.6 is 11.8 Å². The summed E-state index contributed by atoms with van der Waals surface area (Å²) >= 11 is 1.68. The highest BCUT2D eigenvalue weighted by molar-refractivity contribution is 7.98. The molecular weight excluding hydrogens is 289 g/mol. The molecular formula is C15H24FN3OS. The summed E-state index contributed by atoms with van der Waals surface area (Å²) in [6, 6.07) is 6.01. The Morgan fingerprint density at radius 3 is 2.71 bits per heavy atom. The van der Waals surface area contributed by atoms with Gasteiger partial charge in [-0.15, -0.1) is 0 Å². The zero-order valence-electron chi connectivity index (χ0n) is 12.6. The molecule has 0 radical (unpaired) electrons. The summed E-state index contributed by atoms with van der Waals surface area (Å²) in [5, 5.41) is 2.84. The second-order valence-electron chi connectivity index (χ2n) is 5.04. The second-order valence-corrected chi connectivity index (χ2v) is 6.03. The molecule has 0 saturated heterocycles. The standard InChI is InChI=1S/C15H24FN3OS/c1-19(11-12-3-5-13(16)6-4-12)9-8-18-15(20)14(17)7-10-21-2/h3-6,14H,7-11,17H2,1-2H3,(H,18,20)/t14-/m0/s1. The van der Waals surface area contributed by atoms with E-state index in [-0.39, 0.29) is 11.7 Å². The number of likely N-dealkylation sites (N-methyl/N-ethyl adjacent to an activating group) is 1. The van der Waals surface area contributed by atoms with Crippen LogP contribution in [0.15, 0.2) is 24.3 Å². The van der Waals surface area contributed by atoms with E-state index in [0.717, 1.165) is 17.9 Å². The fraction of sp³-hybridized carbons (Fsp3) is 0.533. The molecule has 0 aliphatic carbocycles. The smallest absolute Gasteiger partial charge is 0.236 e. The third kappa shape index (κ3) is 7.45. The van der Waals surface area contributed by atoms with Gasteiger partial charge in [0.25, 0.3) is 0 Å². The van der Waals surface area contributed by atoms with E-state index >= 15 is 0 Å². The van der Waals surface area contributed by atoms with Crippen LogP contribution in [0.3, 0.4) is 0 Å². The topological polar surface area (TPSA) is 58.4 Å². The summed E-state index contributed by atoms with van der Waals surface area (Å²) in [7, 11) is 1.96. The van der Waals surface area contributed by atoms with Gasteiger partial charge >= 0.3 is 0 Å². The molecule has 0 aliphatic rings. The van der Waals surface area contributed by atoms with Crippen molar-refractivity contribution in [3.05, 3.63) is 35.6 Å². The minimum atomic E-state index is -0.431. The number of hydrogen-bond donors (Lipinski definition) is 2. The Balaban J connectivity index is 2.22. The first-order valence-electron chi connectivity index (χ1n) is 6.98. The number of amides is 1. The number of halogens is 1. The van der Waals surface area contributed by atoms with Crippen LogP contribution in [0.1, 0.15) is 12.0 Å². The third-order valence-corrected chi connectivity index (χ3v) is 3.77. The monoisotopic (exact) mass is 313 g/mol. The highest BCUT2D eigenvalue weighted by Gasteiger charge is 2.12. The quantitative estimate of drug-likeness (QED) is 0.724. The Kier molecular flexibility index (Phi) is 8.34. The van der Waals surface area contributed by atoms with Gasteiger partial charge in [-0.1, -0.05) is 12.1 Å². The number of nitrogens with two attached hydrogens (primary N) is 1. The average Bonchev–Trinajstić information content (AvgIpc) is 2.47. The molecule has 118 valence electrons. The first kappa shape index (κ1) is 17.9. The summed E-state index contributed by atoms with van der Waals surface area (Å²) in [6.45, 7) is 2.00.